The number of ether oxygens (including phenoxy) is 1. The van der Waals surface area contributed by atoms with E-state index in [1.54, 1.807) is 0 Å². The van der Waals surface area contributed by atoms with Gasteiger partial charge in [-0.1, -0.05) is 56.2 Å². The van der Waals surface area contributed by atoms with E-state index < -0.39 is 0 Å². The van der Waals surface area contributed by atoms with E-state index in [-0.39, 0.29) is 0 Å². The van der Waals surface area contributed by atoms with E-state index in [4.69, 9.17) is 4.74 Å². The summed E-state index contributed by atoms with van der Waals surface area (Å²) < 4.78 is 5.69. The minimum Gasteiger partial charge on any atom is -0.494 e. The smallest absolute Gasteiger partial charge is 0.150 e. The Labute approximate surface area is 120 Å². The molecular formula is C18H20O2. The third-order valence-electron chi connectivity index (χ3n) is 3.25. The first kappa shape index (κ1) is 14.3. The Morgan fingerprint density at radius 3 is 2.05 bits per heavy atom. The number of rotatable bonds is 7. The lowest BCUT2D eigenvalue weighted by Crippen LogP contribution is -1.96. The molecule has 0 radical (unpaired) electrons. The van der Waals surface area contributed by atoms with Crippen molar-refractivity contribution in [3.05, 3.63) is 54.1 Å². The summed E-state index contributed by atoms with van der Waals surface area (Å²) in [7, 11) is 0. The van der Waals surface area contributed by atoms with Crippen LogP contribution < -0.4 is 4.74 Å². The molecule has 2 heteroatoms. The van der Waals surface area contributed by atoms with Crippen LogP contribution in [0.15, 0.2) is 48.5 Å². The van der Waals surface area contributed by atoms with E-state index in [0.29, 0.717) is 5.56 Å². The minimum absolute atomic E-state index is 0.699. The molecule has 0 bridgehead atoms. The molecule has 2 aromatic rings. The zero-order valence-corrected chi connectivity index (χ0v) is 11.8. The summed E-state index contributed by atoms with van der Waals surface area (Å²) in [5, 5.41) is 0. The van der Waals surface area contributed by atoms with Crippen LogP contribution in [0.1, 0.15) is 36.5 Å². The summed E-state index contributed by atoms with van der Waals surface area (Å²) in [6.45, 7) is 2.96. The highest BCUT2D eigenvalue weighted by Crippen LogP contribution is 2.22. The maximum absolute atomic E-state index is 10.6. The number of carbonyl (C=O) groups is 1. The van der Waals surface area contributed by atoms with Crippen LogP contribution in [0.3, 0.4) is 0 Å². The summed E-state index contributed by atoms with van der Waals surface area (Å²) in [5.74, 6) is 0.911. The van der Waals surface area contributed by atoms with E-state index in [1.165, 1.54) is 12.8 Å². The monoisotopic (exact) mass is 268 g/mol. The van der Waals surface area contributed by atoms with Gasteiger partial charge in [0.05, 0.1) is 6.61 Å². The molecule has 2 rings (SSSR count). The SMILES string of the molecule is CCCCCOc1ccc(-c2ccc(C=O)cc2)cc1. The largest absolute Gasteiger partial charge is 0.494 e. The molecule has 104 valence electrons. The minimum atomic E-state index is 0.699. The zero-order valence-electron chi connectivity index (χ0n) is 11.8. The third kappa shape index (κ3) is 3.95. The van der Waals surface area contributed by atoms with Gasteiger partial charge in [-0.2, -0.15) is 0 Å². The molecule has 0 atom stereocenters. The lowest BCUT2D eigenvalue weighted by molar-refractivity contribution is 0.112. The molecule has 0 saturated heterocycles. The molecule has 0 heterocycles. The Kier molecular flexibility index (Phi) is 5.36. The number of hydrogen-bond donors (Lipinski definition) is 0. The first-order chi connectivity index (χ1) is 9.83. The summed E-state index contributed by atoms with van der Waals surface area (Å²) in [5.41, 5.74) is 2.93. The summed E-state index contributed by atoms with van der Waals surface area (Å²) >= 11 is 0. The van der Waals surface area contributed by atoms with Gasteiger partial charge < -0.3 is 4.74 Å². The van der Waals surface area contributed by atoms with Crippen LogP contribution in [-0.4, -0.2) is 12.9 Å². The first-order valence-corrected chi connectivity index (χ1v) is 7.12. The van der Waals surface area contributed by atoms with Gasteiger partial charge in [0.15, 0.2) is 0 Å². The maximum atomic E-state index is 10.6. The van der Waals surface area contributed by atoms with Crippen molar-refractivity contribution < 1.29 is 9.53 Å². The second-order valence-electron chi connectivity index (χ2n) is 4.82. The average molecular weight is 268 g/mol. The first-order valence-electron chi connectivity index (χ1n) is 7.12. The molecule has 0 N–H and O–H groups in total. The van der Waals surface area contributed by atoms with Crippen molar-refractivity contribution in [3.63, 3.8) is 0 Å². The Balaban J connectivity index is 1.98. The summed E-state index contributed by atoms with van der Waals surface area (Å²) in [6.07, 6.45) is 4.38. The van der Waals surface area contributed by atoms with Crippen LogP contribution in [0.2, 0.25) is 0 Å². The molecule has 0 aliphatic rings. The number of benzene rings is 2. The van der Waals surface area contributed by atoms with Crippen LogP contribution in [0.4, 0.5) is 0 Å². The molecule has 0 aliphatic heterocycles. The van der Waals surface area contributed by atoms with Crippen LogP contribution >= 0.6 is 0 Å². The van der Waals surface area contributed by atoms with Gasteiger partial charge in [0.2, 0.25) is 0 Å². The molecule has 2 nitrogen and oxygen atoms in total. The van der Waals surface area contributed by atoms with Crippen LogP contribution in [-0.2, 0) is 0 Å². The topological polar surface area (TPSA) is 26.3 Å². The van der Waals surface area contributed by atoms with Crippen LogP contribution in [0, 0.1) is 0 Å². The second kappa shape index (κ2) is 7.49. The molecule has 2 aromatic carbocycles. The number of hydrogen-bond acceptors (Lipinski definition) is 2. The highest BCUT2D eigenvalue weighted by atomic mass is 16.5. The van der Waals surface area contributed by atoms with Crippen molar-refractivity contribution in [1.82, 2.24) is 0 Å². The van der Waals surface area contributed by atoms with E-state index in [2.05, 4.69) is 6.92 Å². The Morgan fingerprint density at radius 2 is 1.50 bits per heavy atom. The number of carbonyl (C=O) groups excluding carboxylic acids is 1. The van der Waals surface area contributed by atoms with Crippen molar-refractivity contribution in [2.24, 2.45) is 0 Å². The van der Waals surface area contributed by atoms with Gasteiger partial charge in [-0.15, -0.1) is 0 Å². The molecule has 0 aromatic heterocycles. The highest BCUT2D eigenvalue weighted by Gasteiger charge is 1.99. The van der Waals surface area contributed by atoms with Crippen molar-refractivity contribution in [3.8, 4) is 16.9 Å². The Bertz CT molecular complexity index is 526. The molecule has 0 aliphatic carbocycles. The maximum Gasteiger partial charge on any atom is 0.150 e. The fraction of sp³-hybridized carbons (Fsp3) is 0.278. The summed E-state index contributed by atoms with van der Waals surface area (Å²) in [6, 6.07) is 15.7. The lowest BCUT2D eigenvalue weighted by Gasteiger charge is -2.07. The van der Waals surface area contributed by atoms with Crippen molar-refractivity contribution in [2.45, 2.75) is 26.2 Å². The molecule has 0 amide bonds. The van der Waals surface area contributed by atoms with Crippen molar-refractivity contribution in [1.29, 1.82) is 0 Å². The Hall–Kier alpha value is -2.09. The van der Waals surface area contributed by atoms with Crippen molar-refractivity contribution >= 4 is 6.29 Å². The van der Waals surface area contributed by atoms with Crippen LogP contribution in [0.25, 0.3) is 11.1 Å². The van der Waals surface area contributed by atoms with Gasteiger partial charge in [0.1, 0.15) is 12.0 Å². The highest BCUT2D eigenvalue weighted by molar-refractivity contribution is 5.76. The van der Waals surface area contributed by atoms with Crippen LogP contribution in [0.5, 0.6) is 5.75 Å². The zero-order chi connectivity index (χ0) is 14.2. The van der Waals surface area contributed by atoms with Crippen molar-refractivity contribution in [2.75, 3.05) is 6.61 Å². The van der Waals surface area contributed by atoms with E-state index in [9.17, 15) is 4.79 Å². The third-order valence-corrected chi connectivity index (χ3v) is 3.25. The fourth-order valence-corrected chi connectivity index (χ4v) is 2.04. The summed E-state index contributed by atoms with van der Waals surface area (Å²) in [4.78, 5) is 10.6. The molecule has 0 fully saturated rings. The van der Waals surface area contributed by atoms with Gasteiger partial charge >= 0.3 is 0 Å². The van der Waals surface area contributed by atoms with Gasteiger partial charge in [-0.25, -0.2) is 0 Å². The molecule has 20 heavy (non-hydrogen) atoms. The average Bonchev–Trinajstić information content (AvgIpc) is 2.52. The molecular weight excluding hydrogens is 248 g/mol. The lowest BCUT2D eigenvalue weighted by atomic mass is 10.0. The predicted molar refractivity (Wildman–Crippen MR) is 82.3 cm³/mol. The van der Waals surface area contributed by atoms with E-state index >= 15 is 0 Å². The van der Waals surface area contributed by atoms with E-state index in [0.717, 1.165) is 36.2 Å². The predicted octanol–water partition coefficient (Wildman–Crippen LogP) is 4.74. The molecule has 0 unspecified atom stereocenters. The number of aldehydes is 1. The Morgan fingerprint density at radius 1 is 0.900 bits per heavy atom. The van der Waals surface area contributed by atoms with Gasteiger partial charge in [-0.05, 0) is 29.7 Å². The van der Waals surface area contributed by atoms with E-state index in [1.807, 2.05) is 48.5 Å². The van der Waals surface area contributed by atoms with Gasteiger partial charge in [0.25, 0.3) is 0 Å². The molecule has 0 saturated carbocycles. The second-order valence-corrected chi connectivity index (χ2v) is 4.82. The standard InChI is InChI=1S/C18H20O2/c1-2-3-4-13-20-18-11-9-17(10-12-18)16-7-5-15(14-19)6-8-16/h5-12,14H,2-4,13H2,1H3. The quantitative estimate of drug-likeness (QED) is 0.535. The van der Waals surface area contributed by atoms with Gasteiger partial charge in [0, 0.05) is 5.56 Å². The normalized spacial score (nSPS) is 10.2. The fourth-order valence-electron chi connectivity index (χ4n) is 2.04. The number of unbranched alkanes of at least 4 members (excludes halogenated alkanes) is 2. The van der Waals surface area contributed by atoms with Gasteiger partial charge in [-0.3, -0.25) is 4.79 Å². The molecule has 0 spiro atoms.